The molecule has 0 bridgehead atoms. The number of hydrogen-bond acceptors (Lipinski definition) is 1. The smallest absolute Gasteiger partial charge is 0.416 e. The van der Waals surface area contributed by atoms with Crippen LogP contribution < -0.4 is 0 Å². The van der Waals surface area contributed by atoms with Crippen LogP contribution in [0, 0.1) is 5.41 Å². The minimum absolute atomic E-state index is 0.0618. The van der Waals surface area contributed by atoms with Gasteiger partial charge in [-0.15, -0.1) is 0 Å². The maximum atomic E-state index is 12.4. The minimum Gasteiger partial charge on any atom is -0.481 e. The number of carboxylic acids is 1. The molecule has 0 saturated heterocycles. The van der Waals surface area contributed by atoms with Crippen molar-refractivity contribution in [3.8, 4) is 0 Å². The van der Waals surface area contributed by atoms with Gasteiger partial charge in [-0.25, -0.2) is 0 Å². The Bertz CT molecular complexity index is 422. The minimum atomic E-state index is -4.40. The highest BCUT2D eigenvalue weighted by Gasteiger charge is 2.32. The molecule has 1 rings (SSSR count). The van der Waals surface area contributed by atoms with Gasteiger partial charge in [0, 0.05) is 0 Å². The molecule has 0 aliphatic heterocycles. The van der Waals surface area contributed by atoms with Crippen molar-refractivity contribution in [2.45, 2.75) is 26.4 Å². The number of alkyl halides is 3. The molecule has 17 heavy (non-hydrogen) atoms. The van der Waals surface area contributed by atoms with Gasteiger partial charge in [0.1, 0.15) is 0 Å². The van der Waals surface area contributed by atoms with Gasteiger partial charge in [-0.2, -0.15) is 13.2 Å². The Labute approximate surface area is 97.1 Å². The van der Waals surface area contributed by atoms with Gasteiger partial charge in [0.25, 0.3) is 0 Å². The second-order valence-corrected chi connectivity index (χ2v) is 4.56. The summed E-state index contributed by atoms with van der Waals surface area (Å²) in [5.74, 6) is -1.03. The Hall–Kier alpha value is -1.52. The van der Waals surface area contributed by atoms with Crippen molar-refractivity contribution in [1.82, 2.24) is 0 Å². The van der Waals surface area contributed by atoms with E-state index in [0.29, 0.717) is 5.56 Å². The quantitative estimate of drug-likeness (QED) is 0.887. The van der Waals surface area contributed by atoms with Crippen LogP contribution in [0.3, 0.4) is 0 Å². The van der Waals surface area contributed by atoms with E-state index in [0.717, 1.165) is 12.1 Å². The monoisotopic (exact) mass is 246 g/mol. The zero-order valence-corrected chi connectivity index (χ0v) is 9.51. The molecular weight excluding hydrogens is 233 g/mol. The summed E-state index contributed by atoms with van der Waals surface area (Å²) in [6, 6.07) is 4.75. The van der Waals surface area contributed by atoms with E-state index in [1.165, 1.54) is 26.0 Å². The van der Waals surface area contributed by atoms with Crippen molar-refractivity contribution in [3.63, 3.8) is 0 Å². The maximum absolute atomic E-state index is 12.4. The molecule has 2 nitrogen and oxygen atoms in total. The molecule has 0 radical (unpaired) electrons. The van der Waals surface area contributed by atoms with Crippen molar-refractivity contribution >= 4 is 5.97 Å². The molecule has 0 aromatic heterocycles. The maximum Gasteiger partial charge on any atom is 0.416 e. The van der Waals surface area contributed by atoms with Crippen LogP contribution in [0.4, 0.5) is 13.2 Å². The van der Waals surface area contributed by atoms with Gasteiger partial charge in [-0.05, 0) is 31.9 Å². The molecular formula is C12H13F3O2. The molecule has 0 heterocycles. The largest absolute Gasteiger partial charge is 0.481 e. The van der Waals surface area contributed by atoms with Gasteiger partial charge < -0.3 is 5.11 Å². The number of rotatable bonds is 3. The molecule has 0 atom stereocenters. The summed E-state index contributed by atoms with van der Waals surface area (Å²) in [5, 5.41) is 8.91. The topological polar surface area (TPSA) is 37.3 Å². The number of hydrogen-bond donors (Lipinski definition) is 1. The first-order valence-electron chi connectivity index (χ1n) is 5.02. The fraction of sp³-hybridized carbons (Fsp3) is 0.417. The third-order valence-electron chi connectivity index (χ3n) is 2.48. The van der Waals surface area contributed by atoms with E-state index >= 15 is 0 Å². The van der Waals surface area contributed by atoms with Crippen molar-refractivity contribution in [2.75, 3.05) is 0 Å². The SMILES string of the molecule is CC(C)(Cc1cccc(C(F)(F)F)c1)C(=O)O. The number of carbonyl (C=O) groups is 1. The highest BCUT2D eigenvalue weighted by atomic mass is 19.4. The van der Waals surface area contributed by atoms with Gasteiger partial charge in [-0.3, -0.25) is 4.79 Å². The van der Waals surface area contributed by atoms with Crippen molar-refractivity contribution in [3.05, 3.63) is 35.4 Å². The van der Waals surface area contributed by atoms with E-state index in [-0.39, 0.29) is 6.42 Å². The number of carboxylic acid groups (broad SMARTS) is 1. The Morgan fingerprint density at radius 3 is 2.35 bits per heavy atom. The Morgan fingerprint density at radius 1 is 1.29 bits per heavy atom. The summed E-state index contributed by atoms with van der Waals surface area (Å²) in [4.78, 5) is 10.9. The zero-order chi connectivity index (χ0) is 13.3. The predicted octanol–water partition coefficient (Wildman–Crippen LogP) is 3.36. The predicted molar refractivity (Wildman–Crippen MR) is 56.6 cm³/mol. The zero-order valence-electron chi connectivity index (χ0n) is 9.51. The number of halogens is 3. The number of benzene rings is 1. The summed E-state index contributed by atoms with van der Waals surface area (Å²) < 4.78 is 37.3. The fourth-order valence-corrected chi connectivity index (χ4v) is 1.44. The Kier molecular flexibility index (Phi) is 3.50. The summed E-state index contributed by atoms with van der Waals surface area (Å²) >= 11 is 0. The molecule has 0 fully saturated rings. The van der Waals surface area contributed by atoms with E-state index in [1.54, 1.807) is 0 Å². The van der Waals surface area contributed by atoms with Crippen LogP contribution in [0.25, 0.3) is 0 Å². The van der Waals surface area contributed by atoms with Crippen molar-refractivity contribution in [2.24, 2.45) is 5.41 Å². The molecule has 1 aromatic carbocycles. The van der Waals surface area contributed by atoms with Crippen LogP contribution in [-0.4, -0.2) is 11.1 Å². The van der Waals surface area contributed by atoms with Gasteiger partial charge in [0.2, 0.25) is 0 Å². The summed E-state index contributed by atoms with van der Waals surface area (Å²) in [7, 11) is 0. The standard InChI is InChI=1S/C12H13F3O2/c1-11(2,10(16)17)7-8-4-3-5-9(6-8)12(13,14)15/h3-6H,7H2,1-2H3,(H,16,17). The van der Waals surface area contributed by atoms with Gasteiger partial charge in [0.05, 0.1) is 11.0 Å². The highest BCUT2D eigenvalue weighted by Crippen LogP contribution is 2.31. The lowest BCUT2D eigenvalue weighted by Gasteiger charge is -2.19. The first-order chi connectivity index (χ1) is 7.63. The van der Waals surface area contributed by atoms with Crippen LogP contribution in [0.15, 0.2) is 24.3 Å². The molecule has 94 valence electrons. The summed E-state index contributed by atoms with van der Waals surface area (Å²) in [5.41, 5.74) is -1.46. The van der Waals surface area contributed by atoms with Gasteiger partial charge in [-0.1, -0.05) is 18.2 Å². The van der Waals surface area contributed by atoms with Gasteiger partial charge >= 0.3 is 12.1 Å². The highest BCUT2D eigenvalue weighted by molar-refractivity contribution is 5.74. The molecule has 0 amide bonds. The lowest BCUT2D eigenvalue weighted by atomic mass is 9.85. The van der Waals surface area contributed by atoms with Crippen LogP contribution in [0.1, 0.15) is 25.0 Å². The average molecular weight is 246 g/mol. The second kappa shape index (κ2) is 4.39. The third kappa shape index (κ3) is 3.47. The molecule has 0 unspecified atom stereocenters. The first kappa shape index (κ1) is 13.5. The molecule has 1 N–H and O–H groups in total. The van der Waals surface area contributed by atoms with E-state index in [4.69, 9.17) is 5.11 Å². The normalized spacial score (nSPS) is 12.5. The first-order valence-corrected chi connectivity index (χ1v) is 5.02. The molecule has 0 aliphatic rings. The van der Waals surface area contributed by atoms with Crippen LogP contribution in [0.5, 0.6) is 0 Å². The van der Waals surface area contributed by atoms with E-state index < -0.39 is 23.1 Å². The molecule has 5 heteroatoms. The van der Waals surface area contributed by atoms with Crippen LogP contribution in [-0.2, 0) is 17.4 Å². The second-order valence-electron chi connectivity index (χ2n) is 4.56. The lowest BCUT2D eigenvalue weighted by Crippen LogP contribution is -2.26. The molecule has 0 aliphatic carbocycles. The molecule has 1 aromatic rings. The summed E-state index contributed by atoms with van der Waals surface area (Å²) in [6.07, 6.45) is -4.34. The van der Waals surface area contributed by atoms with E-state index in [9.17, 15) is 18.0 Å². The van der Waals surface area contributed by atoms with Crippen LogP contribution >= 0.6 is 0 Å². The average Bonchev–Trinajstić information content (AvgIpc) is 2.15. The lowest BCUT2D eigenvalue weighted by molar-refractivity contribution is -0.146. The molecule has 0 saturated carbocycles. The van der Waals surface area contributed by atoms with Gasteiger partial charge in [0.15, 0.2) is 0 Å². The van der Waals surface area contributed by atoms with Crippen LogP contribution in [0.2, 0.25) is 0 Å². The van der Waals surface area contributed by atoms with Crippen molar-refractivity contribution < 1.29 is 23.1 Å². The van der Waals surface area contributed by atoms with Crippen molar-refractivity contribution in [1.29, 1.82) is 0 Å². The van der Waals surface area contributed by atoms with E-state index in [1.807, 2.05) is 0 Å². The fourth-order valence-electron chi connectivity index (χ4n) is 1.44. The molecule has 0 spiro atoms. The number of aliphatic carboxylic acids is 1. The Balaban J connectivity index is 2.98. The van der Waals surface area contributed by atoms with E-state index in [2.05, 4.69) is 0 Å². The summed E-state index contributed by atoms with van der Waals surface area (Å²) in [6.45, 7) is 2.96. The Morgan fingerprint density at radius 2 is 1.88 bits per heavy atom. The third-order valence-corrected chi connectivity index (χ3v) is 2.48.